The Morgan fingerprint density at radius 1 is 1.56 bits per heavy atom. The second-order valence-corrected chi connectivity index (χ2v) is 2.32. The minimum Gasteiger partial charge on any atom is -0.465 e. The maximum atomic E-state index is 10.7. The number of carbonyl (C=O) groups is 1. The molecule has 0 aliphatic rings. The standard InChI is InChI=1S/C7H14O2/c1-4-5-9-7(8)6(2)3/h6H,4-5H2,1-3H3. The van der Waals surface area contributed by atoms with Gasteiger partial charge in [-0.1, -0.05) is 20.8 Å². The van der Waals surface area contributed by atoms with Crippen molar-refractivity contribution in [1.82, 2.24) is 0 Å². The van der Waals surface area contributed by atoms with Gasteiger partial charge in [-0.2, -0.15) is 0 Å². The molecule has 0 saturated carbocycles. The number of ether oxygens (including phenoxy) is 1. The fourth-order valence-corrected chi connectivity index (χ4v) is 0.369. The average molecular weight is 130 g/mol. The van der Waals surface area contributed by atoms with E-state index in [4.69, 9.17) is 4.74 Å². The molecule has 0 unspecified atom stereocenters. The first-order chi connectivity index (χ1) is 4.18. The minimum atomic E-state index is -0.100. The Morgan fingerprint density at radius 2 is 2.11 bits per heavy atom. The van der Waals surface area contributed by atoms with Gasteiger partial charge in [-0.25, -0.2) is 0 Å². The highest BCUT2D eigenvalue weighted by Crippen LogP contribution is 1.95. The summed E-state index contributed by atoms with van der Waals surface area (Å²) in [6.07, 6.45) is 0.901. The summed E-state index contributed by atoms with van der Waals surface area (Å²) in [4.78, 5) is 10.7. The molecule has 0 aliphatic heterocycles. The Bertz CT molecular complexity index is 86.9. The van der Waals surface area contributed by atoms with E-state index in [2.05, 4.69) is 0 Å². The van der Waals surface area contributed by atoms with Gasteiger partial charge in [0.05, 0.1) is 12.5 Å². The molecule has 0 fully saturated rings. The minimum absolute atomic E-state index is 0.0107. The highest BCUT2D eigenvalue weighted by Gasteiger charge is 2.05. The van der Waals surface area contributed by atoms with Crippen molar-refractivity contribution in [3.05, 3.63) is 0 Å². The highest BCUT2D eigenvalue weighted by atomic mass is 16.5. The Balaban J connectivity index is 3.28. The molecule has 0 aromatic heterocycles. The largest absolute Gasteiger partial charge is 0.465 e. The SMILES string of the molecule is CCCOC(=O)C(C)C. The van der Waals surface area contributed by atoms with E-state index in [1.165, 1.54) is 0 Å². The highest BCUT2D eigenvalue weighted by molar-refractivity contribution is 5.71. The van der Waals surface area contributed by atoms with Gasteiger partial charge in [0.1, 0.15) is 0 Å². The summed E-state index contributed by atoms with van der Waals surface area (Å²) in [5.41, 5.74) is 0. The molecule has 0 aliphatic carbocycles. The Morgan fingerprint density at radius 3 is 2.44 bits per heavy atom. The van der Waals surface area contributed by atoms with Gasteiger partial charge < -0.3 is 4.74 Å². The van der Waals surface area contributed by atoms with Gasteiger partial charge in [-0.15, -0.1) is 0 Å². The summed E-state index contributed by atoms with van der Waals surface area (Å²) in [7, 11) is 0. The smallest absolute Gasteiger partial charge is 0.308 e. The lowest BCUT2D eigenvalue weighted by Gasteiger charge is -2.03. The van der Waals surface area contributed by atoms with Gasteiger partial charge in [0.15, 0.2) is 0 Å². The molecule has 0 heterocycles. The van der Waals surface area contributed by atoms with Gasteiger partial charge in [0.25, 0.3) is 0 Å². The van der Waals surface area contributed by atoms with Crippen LogP contribution in [-0.4, -0.2) is 12.6 Å². The van der Waals surface area contributed by atoms with Crippen molar-refractivity contribution in [2.45, 2.75) is 27.2 Å². The van der Waals surface area contributed by atoms with Crippen LogP contribution in [0.4, 0.5) is 0 Å². The zero-order chi connectivity index (χ0) is 7.28. The van der Waals surface area contributed by atoms with E-state index in [1.54, 1.807) is 0 Å². The normalized spacial score (nSPS) is 9.78. The van der Waals surface area contributed by atoms with Gasteiger partial charge >= 0.3 is 5.97 Å². The van der Waals surface area contributed by atoms with Crippen molar-refractivity contribution in [1.29, 1.82) is 0 Å². The van der Waals surface area contributed by atoms with Crippen molar-refractivity contribution >= 4 is 5.97 Å². The van der Waals surface area contributed by atoms with Crippen molar-refractivity contribution in [3.63, 3.8) is 0 Å². The lowest BCUT2D eigenvalue weighted by Crippen LogP contribution is -2.11. The molecule has 0 bridgehead atoms. The maximum absolute atomic E-state index is 10.7. The Labute approximate surface area is 56.2 Å². The molecule has 9 heavy (non-hydrogen) atoms. The van der Waals surface area contributed by atoms with Crippen LogP contribution in [0.5, 0.6) is 0 Å². The first-order valence-electron chi connectivity index (χ1n) is 3.35. The van der Waals surface area contributed by atoms with E-state index in [0.29, 0.717) is 6.61 Å². The number of rotatable bonds is 3. The molecule has 0 rings (SSSR count). The third-order valence-electron chi connectivity index (χ3n) is 0.920. The van der Waals surface area contributed by atoms with Crippen molar-refractivity contribution in [2.75, 3.05) is 6.61 Å². The van der Waals surface area contributed by atoms with E-state index in [9.17, 15) is 4.79 Å². The second-order valence-electron chi connectivity index (χ2n) is 2.32. The van der Waals surface area contributed by atoms with Crippen LogP contribution in [0, 0.1) is 5.92 Å². The monoisotopic (exact) mass is 130 g/mol. The van der Waals surface area contributed by atoms with E-state index in [1.807, 2.05) is 20.8 Å². The lowest BCUT2D eigenvalue weighted by molar-refractivity contribution is -0.147. The number of esters is 1. The first-order valence-corrected chi connectivity index (χ1v) is 3.35. The summed E-state index contributed by atoms with van der Waals surface area (Å²) in [5, 5.41) is 0. The molecule has 0 saturated heterocycles. The third-order valence-corrected chi connectivity index (χ3v) is 0.920. The summed E-state index contributed by atoms with van der Waals surface area (Å²) < 4.78 is 4.81. The fraction of sp³-hybridized carbons (Fsp3) is 0.857. The average Bonchev–Trinajstić information content (AvgIpc) is 1.82. The van der Waals surface area contributed by atoms with Crippen LogP contribution < -0.4 is 0 Å². The van der Waals surface area contributed by atoms with Crippen LogP contribution in [0.2, 0.25) is 0 Å². The molecule has 0 spiro atoms. The number of hydrogen-bond donors (Lipinski definition) is 0. The maximum Gasteiger partial charge on any atom is 0.308 e. The molecular formula is C7H14O2. The van der Waals surface area contributed by atoms with Gasteiger partial charge in [0.2, 0.25) is 0 Å². The summed E-state index contributed by atoms with van der Waals surface area (Å²) >= 11 is 0. The zero-order valence-electron chi connectivity index (χ0n) is 6.31. The lowest BCUT2D eigenvalue weighted by atomic mass is 10.2. The van der Waals surface area contributed by atoms with Crippen LogP contribution in [0.3, 0.4) is 0 Å². The van der Waals surface area contributed by atoms with Crippen LogP contribution in [0.15, 0.2) is 0 Å². The molecule has 0 aromatic carbocycles. The van der Waals surface area contributed by atoms with Crippen molar-refractivity contribution in [2.24, 2.45) is 5.92 Å². The number of hydrogen-bond acceptors (Lipinski definition) is 2. The molecular weight excluding hydrogens is 116 g/mol. The van der Waals surface area contributed by atoms with E-state index in [-0.39, 0.29) is 11.9 Å². The molecule has 0 N–H and O–H groups in total. The van der Waals surface area contributed by atoms with Crippen LogP contribution in [0.25, 0.3) is 0 Å². The molecule has 0 amide bonds. The van der Waals surface area contributed by atoms with Gasteiger partial charge in [-0.3, -0.25) is 4.79 Å². The van der Waals surface area contributed by atoms with E-state index < -0.39 is 0 Å². The van der Waals surface area contributed by atoms with Crippen molar-refractivity contribution < 1.29 is 9.53 Å². The number of carbonyl (C=O) groups excluding carboxylic acids is 1. The predicted molar refractivity (Wildman–Crippen MR) is 36.1 cm³/mol. The molecule has 2 nitrogen and oxygen atoms in total. The van der Waals surface area contributed by atoms with Crippen LogP contribution in [0.1, 0.15) is 27.2 Å². The summed E-state index contributed by atoms with van der Waals surface area (Å²) in [5.74, 6) is -0.0894. The van der Waals surface area contributed by atoms with Crippen LogP contribution >= 0.6 is 0 Å². The summed E-state index contributed by atoms with van der Waals surface area (Å²) in [6.45, 7) is 6.20. The van der Waals surface area contributed by atoms with Gasteiger partial charge in [-0.05, 0) is 6.42 Å². The van der Waals surface area contributed by atoms with E-state index >= 15 is 0 Å². The van der Waals surface area contributed by atoms with E-state index in [0.717, 1.165) is 6.42 Å². The zero-order valence-corrected chi connectivity index (χ0v) is 6.31. The fourth-order valence-electron chi connectivity index (χ4n) is 0.369. The molecule has 54 valence electrons. The summed E-state index contributed by atoms with van der Waals surface area (Å²) in [6, 6.07) is 0. The molecule has 0 atom stereocenters. The van der Waals surface area contributed by atoms with Gasteiger partial charge in [0, 0.05) is 0 Å². The molecule has 0 radical (unpaired) electrons. The van der Waals surface area contributed by atoms with Crippen LogP contribution in [-0.2, 0) is 9.53 Å². The Kier molecular flexibility index (Phi) is 4.10. The Hall–Kier alpha value is -0.530. The quantitative estimate of drug-likeness (QED) is 0.542. The first kappa shape index (κ1) is 8.47. The second kappa shape index (κ2) is 4.36. The third kappa shape index (κ3) is 4.01. The topological polar surface area (TPSA) is 26.3 Å². The molecule has 0 aromatic rings. The van der Waals surface area contributed by atoms with Crippen molar-refractivity contribution in [3.8, 4) is 0 Å². The predicted octanol–water partition coefficient (Wildman–Crippen LogP) is 1.60. The molecule has 2 heteroatoms.